The summed E-state index contributed by atoms with van der Waals surface area (Å²) in [4.78, 5) is 0. The molecule has 0 spiro atoms. The molecular formula is C11H22N2O2S. The molecule has 0 aromatic rings. The van der Waals surface area contributed by atoms with Crippen LogP contribution in [0.2, 0.25) is 0 Å². The fourth-order valence-corrected chi connectivity index (χ4v) is 3.72. The second-order valence-corrected chi connectivity index (χ2v) is 7.06. The van der Waals surface area contributed by atoms with Gasteiger partial charge in [-0.25, -0.2) is 8.42 Å². The summed E-state index contributed by atoms with van der Waals surface area (Å²) in [5.41, 5.74) is 0. The molecule has 0 aromatic carbocycles. The minimum Gasteiger partial charge on any atom is -0.313 e. The summed E-state index contributed by atoms with van der Waals surface area (Å²) < 4.78 is 25.7. The Morgan fingerprint density at radius 2 is 2.00 bits per heavy atom. The Morgan fingerprint density at radius 3 is 2.50 bits per heavy atom. The van der Waals surface area contributed by atoms with Gasteiger partial charge in [-0.15, -0.1) is 0 Å². The van der Waals surface area contributed by atoms with Crippen LogP contribution in [0.4, 0.5) is 0 Å². The van der Waals surface area contributed by atoms with Crippen LogP contribution in [0.25, 0.3) is 0 Å². The molecular weight excluding hydrogens is 224 g/mol. The summed E-state index contributed by atoms with van der Waals surface area (Å²) in [6.45, 7) is 3.45. The smallest absolute Gasteiger partial charge is 0.214 e. The Balaban J connectivity index is 1.97. The molecule has 0 radical (unpaired) electrons. The van der Waals surface area contributed by atoms with Crippen molar-refractivity contribution in [2.24, 2.45) is 0 Å². The van der Waals surface area contributed by atoms with Gasteiger partial charge in [0.1, 0.15) is 0 Å². The van der Waals surface area contributed by atoms with Gasteiger partial charge in [-0.05, 0) is 39.2 Å². The standard InChI is InChI=1S/C11H22N2O2S/c1-2-16(14,15)13(11-6-7-11)9-10-5-3-4-8-12-10/h10-12H,2-9H2,1H3. The topological polar surface area (TPSA) is 49.4 Å². The van der Waals surface area contributed by atoms with Crippen molar-refractivity contribution in [3.05, 3.63) is 0 Å². The highest BCUT2D eigenvalue weighted by molar-refractivity contribution is 7.89. The monoisotopic (exact) mass is 246 g/mol. The number of rotatable bonds is 5. The van der Waals surface area contributed by atoms with Crippen LogP contribution < -0.4 is 5.32 Å². The summed E-state index contributed by atoms with van der Waals surface area (Å²) >= 11 is 0. The van der Waals surface area contributed by atoms with Gasteiger partial charge in [0.2, 0.25) is 10.0 Å². The average molecular weight is 246 g/mol. The van der Waals surface area contributed by atoms with Crippen LogP contribution in [-0.4, -0.2) is 43.6 Å². The second kappa shape index (κ2) is 5.02. The number of sulfonamides is 1. The minimum atomic E-state index is -3.00. The fraction of sp³-hybridized carbons (Fsp3) is 1.00. The van der Waals surface area contributed by atoms with Crippen molar-refractivity contribution in [2.75, 3.05) is 18.8 Å². The van der Waals surface area contributed by atoms with Crippen LogP contribution >= 0.6 is 0 Å². The third-order valence-corrected chi connectivity index (χ3v) is 5.38. The maximum Gasteiger partial charge on any atom is 0.214 e. The number of piperidine rings is 1. The van der Waals surface area contributed by atoms with Crippen molar-refractivity contribution in [1.82, 2.24) is 9.62 Å². The van der Waals surface area contributed by atoms with Gasteiger partial charge in [0.15, 0.2) is 0 Å². The van der Waals surface area contributed by atoms with E-state index >= 15 is 0 Å². The van der Waals surface area contributed by atoms with Crippen LogP contribution in [0.5, 0.6) is 0 Å². The molecule has 1 aliphatic heterocycles. The average Bonchev–Trinajstić information content (AvgIpc) is 3.11. The maximum absolute atomic E-state index is 12.0. The normalized spacial score (nSPS) is 27.2. The summed E-state index contributed by atoms with van der Waals surface area (Å²) in [6.07, 6.45) is 5.66. The lowest BCUT2D eigenvalue weighted by atomic mass is 10.1. The minimum absolute atomic E-state index is 0.232. The van der Waals surface area contributed by atoms with E-state index in [1.165, 1.54) is 12.8 Å². The molecule has 0 bridgehead atoms. The molecule has 1 saturated carbocycles. The lowest BCUT2D eigenvalue weighted by molar-refractivity contribution is 0.308. The highest BCUT2D eigenvalue weighted by Gasteiger charge is 2.37. The predicted octanol–water partition coefficient (Wildman–Crippen LogP) is 0.943. The van der Waals surface area contributed by atoms with Crippen molar-refractivity contribution in [3.8, 4) is 0 Å². The molecule has 0 aromatic heterocycles. The summed E-state index contributed by atoms with van der Waals surface area (Å²) in [6, 6.07) is 0.671. The molecule has 2 aliphatic rings. The van der Waals surface area contributed by atoms with Crippen molar-refractivity contribution < 1.29 is 8.42 Å². The van der Waals surface area contributed by atoms with Gasteiger partial charge in [0.25, 0.3) is 0 Å². The largest absolute Gasteiger partial charge is 0.313 e. The fourth-order valence-electron chi connectivity index (χ4n) is 2.32. The van der Waals surface area contributed by atoms with Gasteiger partial charge >= 0.3 is 0 Å². The molecule has 16 heavy (non-hydrogen) atoms. The van der Waals surface area contributed by atoms with E-state index in [1.54, 1.807) is 11.2 Å². The molecule has 2 rings (SSSR count). The van der Waals surface area contributed by atoms with Crippen molar-refractivity contribution >= 4 is 10.0 Å². The van der Waals surface area contributed by atoms with Gasteiger partial charge in [0.05, 0.1) is 5.75 Å². The van der Waals surface area contributed by atoms with Crippen molar-refractivity contribution in [2.45, 2.75) is 51.1 Å². The Morgan fingerprint density at radius 1 is 1.25 bits per heavy atom. The van der Waals surface area contributed by atoms with E-state index in [4.69, 9.17) is 0 Å². The van der Waals surface area contributed by atoms with Crippen LogP contribution in [0.15, 0.2) is 0 Å². The Bertz CT molecular complexity index is 319. The number of nitrogens with zero attached hydrogens (tertiary/aromatic N) is 1. The first-order valence-electron chi connectivity index (χ1n) is 6.36. The quantitative estimate of drug-likeness (QED) is 0.785. The van der Waals surface area contributed by atoms with E-state index in [9.17, 15) is 8.42 Å². The second-order valence-electron chi connectivity index (χ2n) is 4.85. The van der Waals surface area contributed by atoms with E-state index in [-0.39, 0.29) is 5.75 Å². The van der Waals surface area contributed by atoms with Crippen LogP contribution in [-0.2, 0) is 10.0 Å². The lowest BCUT2D eigenvalue weighted by Crippen LogP contribution is -2.47. The molecule has 4 nitrogen and oxygen atoms in total. The summed E-state index contributed by atoms with van der Waals surface area (Å²) in [5, 5.41) is 3.42. The first kappa shape index (κ1) is 12.3. The van der Waals surface area contributed by atoms with E-state index in [1.807, 2.05) is 0 Å². The Kier molecular flexibility index (Phi) is 3.87. The molecule has 94 valence electrons. The Labute approximate surface area is 98.4 Å². The van der Waals surface area contributed by atoms with E-state index in [0.717, 1.165) is 25.8 Å². The van der Waals surface area contributed by atoms with Gasteiger partial charge in [-0.3, -0.25) is 0 Å². The third kappa shape index (κ3) is 2.96. The number of hydrogen-bond donors (Lipinski definition) is 1. The van der Waals surface area contributed by atoms with E-state index in [2.05, 4.69) is 5.32 Å². The molecule has 0 amide bonds. The zero-order valence-electron chi connectivity index (χ0n) is 9.98. The summed E-state index contributed by atoms with van der Waals surface area (Å²) in [7, 11) is -3.00. The molecule has 5 heteroatoms. The lowest BCUT2D eigenvalue weighted by Gasteiger charge is -2.29. The first-order valence-corrected chi connectivity index (χ1v) is 7.97. The Hall–Kier alpha value is -0.130. The third-order valence-electron chi connectivity index (χ3n) is 3.49. The maximum atomic E-state index is 12.0. The number of hydrogen-bond acceptors (Lipinski definition) is 3. The number of nitrogens with one attached hydrogen (secondary N) is 1. The van der Waals surface area contributed by atoms with E-state index < -0.39 is 10.0 Å². The first-order chi connectivity index (χ1) is 7.63. The molecule has 1 unspecified atom stereocenters. The van der Waals surface area contributed by atoms with Gasteiger partial charge in [-0.2, -0.15) is 4.31 Å². The predicted molar refractivity (Wildman–Crippen MR) is 64.8 cm³/mol. The zero-order valence-corrected chi connectivity index (χ0v) is 10.8. The van der Waals surface area contributed by atoms with Crippen molar-refractivity contribution in [1.29, 1.82) is 0 Å². The highest BCUT2D eigenvalue weighted by atomic mass is 32.2. The molecule has 1 heterocycles. The van der Waals surface area contributed by atoms with Gasteiger partial charge in [-0.1, -0.05) is 6.42 Å². The van der Waals surface area contributed by atoms with Crippen LogP contribution in [0.3, 0.4) is 0 Å². The molecule has 1 atom stereocenters. The molecule has 1 aliphatic carbocycles. The molecule has 1 saturated heterocycles. The molecule has 2 fully saturated rings. The van der Waals surface area contributed by atoms with Crippen LogP contribution in [0.1, 0.15) is 39.0 Å². The SMILES string of the molecule is CCS(=O)(=O)N(CC1CCCCN1)C1CC1. The van der Waals surface area contributed by atoms with Gasteiger partial charge in [0, 0.05) is 18.6 Å². The summed E-state index contributed by atoms with van der Waals surface area (Å²) in [5.74, 6) is 0.232. The van der Waals surface area contributed by atoms with Gasteiger partial charge < -0.3 is 5.32 Å². The van der Waals surface area contributed by atoms with E-state index in [0.29, 0.717) is 18.6 Å². The zero-order chi connectivity index (χ0) is 11.6. The molecule has 1 N–H and O–H groups in total. The van der Waals surface area contributed by atoms with Crippen molar-refractivity contribution in [3.63, 3.8) is 0 Å². The van der Waals surface area contributed by atoms with Crippen LogP contribution in [0, 0.1) is 0 Å². The highest BCUT2D eigenvalue weighted by Crippen LogP contribution is 2.30.